The monoisotopic (exact) mass is 875 g/mol. The van der Waals surface area contributed by atoms with Gasteiger partial charge in [-0.3, -0.25) is 4.57 Å². The second-order valence-corrected chi connectivity index (χ2v) is 19.0. The van der Waals surface area contributed by atoms with Gasteiger partial charge < -0.3 is 4.90 Å². The van der Waals surface area contributed by atoms with Crippen LogP contribution in [0.15, 0.2) is 236 Å². The number of rotatable bonds is 9. The molecule has 0 amide bonds. The Bertz CT molecular complexity index is 3460. The van der Waals surface area contributed by atoms with E-state index in [1.807, 2.05) is 0 Å². The predicted octanol–water partition coefficient (Wildman–Crippen LogP) is 16.9. The molecule has 1 heterocycles. The molecule has 1 aromatic heterocycles. The van der Waals surface area contributed by atoms with E-state index in [9.17, 15) is 0 Å². The summed E-state index contributed by atoms with van der Waals surface area (Å²) in [5, 5.41) is 1.24. The van der Waals surface area contributed by atoms with Crippen LogP contribution in [0.2, 0.25) is 0 Å². The van der Waals surface area contributed by atoms with E-state index in [1.165, 1.54) is 50.0 Å². The van der Waals surface area contributed by atoms with E-state index in [2.05, 4.69) is 249 Å². The van der Waals surface area contributed by atoms with Crippen molar-refractivity contribution in [1.29, 1.82) is 0 Å². The van der Waals surface area contributed by atoms with E-state index in [0.29, 0.717) is 11.8 Å². The molecule has 0 radical (unpaired) electrons. The molecule has 328 valence electrons. The van der Waals surface area contributed by atoms with Crippen LogP contribution in [0.4, 0.5) is 17.1 Å². The minimum absolute atomic E-state index is 0.479. The molecule has 0 saturated carbocycles. The molecule has 3 atom stereocenters. The van der Waals surface area contributed by atoms with Crippen molar-refractivity contribution in [3.05, 3.63) is 264 Å². The number of benzene rings is 8. The third-order valence-corrected chi connectivity index (χ3v) is 15.0. The van der Waals surface area contributed by atoms with Crippen molar-refractivity contribution in [2.45, 2.75) is 39.0 Å². The maximum absolute atomic E-state index is 5.65. The normalized spacial score (nSPS) is 18.3. The molecule has 0 bridgehead atoms. The van der Waals surface area contributed by atoms with Crippen molar-refractivity contribution in [3.63, 3.8) is 0 Å². The minimum Gasteiger partial charge on any atom is -0.310 e. The maximum Gasteiger partial charge on any atom is 0.138 e. The Morgan fingerprint density at radius 2 is 1.12 bits per heavy atom. The number of aliphatic imine (C=N–C) groups is 1. The molecular formula is C65H53N3. The van der Waals surface area contributed by atoms with E-state index in [0.717, 1.165) is 69.2 Å². The van der Waals surface area contributed by atoms with Gasteiger partial charge in [-0.1, -0.05) is 184 Å². The van der Waals surface area contributed by atoms with E-state index in [-0.39, 0.29) is 0 Å². The van der Waals surface area contributed by atoms with Gasteiger partial charge in [-0.25, -0.2) is 4.99 Å². The second kappa shape index (κ2) is 16.7. The average molecular weight is 876 g/mol. The molecule has 3 aliphatic carbocycles. The van der Waals surface area contributed by atoms with Crippen LogP contribution in [0, 0.1) is 11.8 Å². The molecule has 3 heteroatoms. The third kappa shape index (κ3) is 6.60. The summed E-state index contributed by atoms with van der Waals surface area (Å²) in [6.07, 6.45) is 4.32. The largest absolute Gasteiger partial charge is 0.310 e. The van der Waals surface area contributed by atoms with Gasteiger partial charge in [0, 0.05) is 39.3 Å². The number of para-hydroxylation sites is 2. The fourth-order valence-electron chi connectivity index (χ4n) is 11.6. The summed E-state index contributed by atoms with van der Waals surface area (Å²) >= 11 is 0. The van der Waals surface area contributed by atoms with Crippen LogP contribution in [-0.2, 0) is 5.41 Å². The molecule has 12 rings (SSSR count). The Morgan fingerprint density at radius 3 is 1.79 bits per heavy atom. The molecule has 68 heavy (non-hydrogen) atoms. The van der Waals surface area contributed by atoms with E-state index in [4.69, 9.17) is 11.6 Å². The van der Waals surface area contributed by atoms with Crippen molar-refractivity contribution >= 4 is 50.6 Å². The topological polar surface area (TPSA) is 20.5 Å². The Hall–Kier alpha value is -8.01. The van der Waals surface area contributed by atoms with Crippen LogP contribution in [-0.4, -0.2) is 10.3 Å². The van der Waals surface area contributed by atoms with Gasteiger partial charge in [-0.15, -0.1) is 0 Å². The molecule has 1 spiro atoms. The Balaban J connectivity index is 1.16. The number of nitrogens with zero attached hydrogens (tertiary/aromatic N) is 3. The Labute approximate surface area is 400 Å². The maximum atomic E-state index is 5.65. The van der Waals surface area contributed by atoms with Gasteiger partial charge in [0.2, 0.25) is 0 Å². The van der Waals surface area contributed by atoms with Crippen LogP contribution < -0.4 is 4.90 Å². The lowest BCUT2D eigenvalue weighted by molar-refractivity contribution is 0.367. The summed E-state index contributed by atoms with van der Waals surface area (Å²) in [5.74, 6) is 1.97. The fourth-order valence-corrected chi connectivity index (χ4v) is 11.6. The fraction of sp³-hybridized carbons (Fsp3) is 0.123. The van der Waals surface area contributed by atoms with Crippen molar-refractivity contribution in [1.82, 2.24) is 4.57 Å². The SMILES string of the molecule is C=C(/C=C(\N=C(C)c1ccccc1)n1c2c(c3cc(-c4cccc(N(c5ccccc5)c5ccccc5)c4)ccc31)C1(C3=C(CC(C)C(C)C3)c3ccccc31)c1ccccc1-2)c1ccccc1. The van der Waals surface area contributed by atoms with E-state index in [1.54, 1.807) is 5.57 Å². The molecule has 3 unspecified atom stereocenters. The number of hydrogen-bond acceptors (Lipinski definition) is 2. The summed E-state index contributed by atoms with van der Waals surface area (Å²) in [5.41, 5.74) is 21.4. The van der Waals surface area contributed by atoms with Crippen LogP contribution in [0.1, 0.15) is 67.0 Å². The zero-order valence-corrected chi connectivity index (χ0v) is 38.9. The van der Waals surface area contributed by atoms with Crippen LogP contribution >= 0.6 is 0 Å². The molecule has 9 aromatic rings. The Kier molecular flexibility index (Phi) is 10.2. The van der Waals surface area contributed by atoms with Crippen molar-refractivity contribution in [3.8, 4) is 22.4 Å². The highest BCUT2D eigenvalue weighted by Gasteiger charge is 2.56. The van der Waals surface area contributed by atoms with Crippen molar-refractivity contribution in [2.75, 3.05) is 4.90 Å². The number of aromatic nitrogens is 1. The van der Waals surface area contributed by atoms with Gasteiger partial charge in [0.05, 0.1) is 16.6 Å². The highest BCUT2D eigenvalue weighted by Crippen LogP contribution is 2.67. The third-order valence-electron chi connectivity index (χ3n) is 15.0. The van der Waals surface area contributed by atoms with Gasteiger partial charge >= 0.3 is 0 Å². The minimum atomic E-state index is -0.479. The first-order chi connectivity index (χ1) is 33.4. The van der Waals surface area contributed by atoms with Gasteiger partial charge in [-0.05, 0) is 142 Å². The summed E-state index contributed by atoms with van der Waals surface area (Å²) in [6, 6.07) is 77.2. The average Bonchev–Trinajstić information content (AvgIpc) is 3.99. The Morgan fingerprint density at radius 1 is 0.574 bits per heavy atom. The predicted molar refractivity (Wildman–Crippen MR) is 287 cm³/mol. The number of allylic oxidation sites excluding steroid dienone is 4. The number of fused-ring (bicyclic) bond motifs is 11. The standard InChI is InChI=1S/C65H53N3/c1-43-38-56-54-32-17-19-34-58(54)65(60(56)39-44(43)2)59-35-20-18-33-55(59)64-63(65)57-42-50(49-26-21-31-53(41-49)67(51-27-13-7-14-28-51)52-29-15-8-16-30-52)36-37-61(57)68(64)62(40-45(3)47-22-9-5-10-23-47)66-46(4)48-24-11-6-12-25-48/h5-37,40-44H,3,38-39H2,1-2,4H3/b62-40+,66-46?. The van der Waals surface area contributed by atoms with Gasteiger partial charge in [0.15, 0.2) is 0 Å². The highest BCUT2D eigenvalue weighted by atomic mass is 15.1. The first kappa shape index (κ1) is 41.4. The second-order valence-electron chi connectivity index (χ2n) is 19.0. The quantitative estimate of drug-likeness (QED) is 0.105. The first-order valence-electron chi connectivity index (χ1n) is 24.1. The van der Waals surface area contributed by atoms with Gasteiger partial charge in [0.25, 0.3) is 0 Å². The summed E-state index contributed by atoms with van der Waals surface area (Å²) in [4.78, 5) is 8.00. The lowest BCUT2D eigenvalue weighted by Crippen LogP contribution is -2.30. The molecule has 3 aliphatic rings. The zero-order chi connectivity index (χ0) is 45.9. The molecule has 0 saturated heterocycles. The van der Waals surface area contributed by atoms with Crippen LogP contribution in [0.3, 0.4) is 0 Å². The number of hydrogen-bond donors (Lipinski definition) is 0. The summed E-state index contributed by atoms with van der Waals surface area (Å²) in [7, 11) is 0. The molecule has 0 N–H and O–H groups in total. The van der Waals surface area contributed by atoms with Crippen molar-refractivity contribution in [2.24, 2.45) is 16.8 Å². The zero-order valence-electron chi connectivity index (χ0n) is 38.9. The molecule has 3 nitrogen and oxygen atoms in total. The van der Waals surface area contributed by atoms with E-state index >= 15 is 0 Å². The number of anilines is 3. The highest BCUT2D eigenvalue weighted by molar-refractivity contribution is 6.08. The summed E-state index contributed by atoms with van der Waals surface area (Å²) < 4.78 is 2.47. The van der Waals surface area contributed by atoms with Crippen LogP contribution in [0.25, 0.3) is 50.3 Å². The van der Waals surface area contributed by atoms with Crippen LogP contribution in [0.5, 0.6) is 0 Å². The van der Waals surface area contributed by atoms with E-state index < -0.39 is 5.41 Å². The summed E-state index contributed by atoms with van der Waals surface area (Å²) in [6.45, 7) is 11.7. The first-order valence-corrected chi connectivity index (χ1v) is 24.1. The lowest BCUT2D eigenvalue weighted by atomic mass is 9.65. The molecule has 0 fully saturated rings. The lowest BCUT2D eigenvalue weighted by Gasteiger charge is -2.37. The molecular weight excluding hydrogens is 823 g/mol. The van der Waals surface area contributed by atoms with Gasteiger partial charge in [-0.2, -0.15) is 0 Å². The molecule has 8 aromatic carbocycles. The van der Waals surface area contributed by atoms with Gasteiger partial charge in [0.1, 0.15) is 5.82 Å². The smallest absolute Gasteiger partial charge is 0.138 e. The molecule has 0 aliphatic heterocycles. The van der Waals surface area contributed by atoms with Crippen molar-refractivity contribution < 1.29 is 0 Å².